The Bertz CT molecular complexity index is 166. The fraction of sp³-hybridized carbons (Fsp3) is 0.778. The molecule has 0 spiro atoms. The van der Waals surface area contributed by atoms with E-state index in [2.05, 4.69) is 5.32 Å². The maximum absolute atomic E-state index is 11.1. The Kier molecular flexibility index (Phi) is 5.54. The first-order valence-corrected chi connectivity index (χ1v) is 4.35. The summed E-state index contributed by atoms with van der Waals surface area (Å²) in [6.07, 6.45) is 1.17. The Morgan fingerprint density at radius 2 is 2.17 bits per heavy atom. The molecular weight excluding hydrogens is 152 g/mol. The second-order valence-corrected chi connectivity index (χ2v) is 3.06. The highest BCUT2D eigenvalue weighted by Crippen LogP contribution is 2.06. The van der Waals surface area contributed by atoms with E-state index in [0.717, 1.165) is 0 Å². The van der Waals surface area contributed by atoms with E-state index in [1.807, 2.05) is 13.8 Å². The van der Waals surface area contributed by atoms with E-state index in [-0.39, 0.29) is 11.7 Å². The van der Waals surface area contributed by atoms with Gasteiger partial charge in [-0.3, -0.25) is 4.79 Å². The molecule has 0 radical (unpaired) electrons. The van der Waals surface area contributed by atoms with Crippen LogP contribution >= 0.6 is 0 Å². The van der Waals surface area contributed by atoms with E-state index >= 15 is 0 Å². The summed E-state index contributed by atoms with van der Waals surface area (Å²) in [5.74, 6) is 0.256. The van der Waals surface area contributed by atoms with Gasteiger partial charge in [-0.2, -0.15) is 0 Å². The third-order valence-corrected chi connectivity index (χ3v) is 1.84. The van der Waals surface area contributed by atoms with Crippen LogP contribution in [0.15, 0.2) is 0 Å². The van der Waals surface area contributed by atoms with Crippen LogP contribution in [0.25, 0.3) is 0 Å². The summed E-state index contributed by atoms with van der Waals surface area (Å²) in [6, 6.07) is 0. The van der Waals surface area contributed by atoms with Gasteiger partial charge in [0, 0.05) is 24.6 Å². The molecule has 0 bridgehead atoms. The lowest BCUT2D eigenvalue weighted by atomic mass is 9.98. The summed E-state index contributed by atoms with van der Waals surface area (Å²) >= 11 is 0. The summed E-state index contributed by atoms with van der Waals surface area (Å²) in [4.78, 5) is 11.1. The smallest absolute Gasteiger partial charge is 0.135 e. The molecule has 1 atom stereocenters. The van der Waals surface area contributed by atoms with Crippen molar-refractivity contribution in [1.82, 2.24) is 5.32 Å². The fourth-order valence-electron chi connectivity index (χ4n) is 1.12. The molecule has 3 heteroatoms. The van der Waals surface area contributed by atoms with Gasteiger partial charge in [0.1, 0.15) is 5.78 Å². The Labute approximate surface area is 74.1 Å². The first-order valence-electron chi connectivity index (χ1n) is 4.35. The molecular formula is C9H18N2O. The van der Waals surface area contributed by atoms with E-state index in [0.29, 0.717) is 25.1 Å². The molecule has 70 valence electrons. The number of Topliss-reactive ketones (excluding diaryl/α,β-unsaturated/α-hetero) is 1. The van der Waals surface area contributed by atoms with Crippen molar-refractivity contribution >= 4 is 11.5 Å². The van der Waals surface area contributed by atoms with Crippen LogP contribution in [0, 0.1) is 11.3 Å². The molecule has 0 amide bonds. The van der Waals surface area contributed by atoms with Gasteiger partial charge in [0.25, 0.3) is 0 Å². The van der Waals surface area contributed by atoms with Gasteiger partial charge < -0.3 is 10.7 Å². The first kappa shape index (κ1) is 11.3. The molecule has 0 aromatic carbocycles. The Morgan fingerprint density at radius 1 is 1.58 bits per heavy atom. The molecule has 0 aliphatic rings. The van der Waals surface area contributed by atoms with E-state index in [1.54, 1.807) is 7.05 Å². The summed E-state index contributed by atoms with van der Waals surface area (Å²) in [5, 5.41) is 10.4. The van der Waals surface area contributed by atoms with Crippen molar-refractivity contribution in [3.63, 3.8) is 0 Å². The van der Waals surface area contributed by atoms with E-state index in [4.69, 9.17) is 5.41 Å². The number of ketones is 1. The third kappa shape index (κ3) is 4.23. The largest absolute Gasteiger partial charge is 0.315 e. The van der Waals surface area contributed by atoms with Crippen molar-refractivity contribution in [2.24, 2.45) is 5.92 Å². The predicted octanol–water partition coefficient (Wildman–Crippen LogP) is 1.23. The number of hydrogen-bond acceptors (Lipinski definition) is 3. The summed E-state index contributed by atoms with van der Waals surface area (Å²) in [6.45, 7) is 4.33. The third-order valence-electron chi connectivity index (χ3n) is 1.84. The van der Waals surface area contributed by atoms with Crippen LogP contribution in [0.5, 0.6) is 0 Å². The zero-order valence-electron chi connectivity index (χ0n) is 8.11. The molecule has 0 aliphatic heterocycles. The Morgan fingerprint density at radius 3 is 2.58 bits per heavy atom. The SMILES string of the molecule is CCC(=O)C(C)CC(=N)CNC. The molecule has 0 fully saturated rings. The Balaban J connectivity index is 3.75. The highest BCUT2D eigenvalue weighted by atomic mass is 16.1. The monoisotopic (exact) mass is 170 g/mol. The number of hydrogen-bond donors (Lipinski definition) is 2. The maximum atomic E-state index is 11.1. The fourth-order valence-corrected chi connectivity index (χ4v) is 1.12. The number of nitrogens with one attached hydrogen (secondary N) is 2. The minimum absolute atomic E-state index is 0.0100. The molecule has 0 heterocycles. The van der Waals surface area contributed by atoms with Gasteiger partial charge in [-0.25, -0.2) is 0 Å². The predicted molar refractivity (Wildman–Crippen MR) is 50.7 cm³/mol. The van der Waals surface area contributed by atoms with E-state index in [9.17, 15) is 4.79 Å². The Hall–Kier alpha value is -0.700. The number of rotatable bonds is 6. The van der Waals surface area contributed by atoms with Gasteiger partial charge in [0.05, 0.1) is 0 Å². The second kappa shape index (κ2) is 5.89. The van der Waals surface area contributed by atoms with Crippen LogP contribution < -0.4 is 5.32 Å². The average molecular weight is 170 g/mol. The highest BCUT2D eigenvalue weighted by molar-refractivity contribution is 5.89. The van der Waals surface area contributed by atoms with Crippen molar-refractivity contribution in [2.75, 3.05) is 13.6 Å². The quantitative estimate of drug-likeness (QED) is 0.589. The number of carbonyl (C=O) groups excluding carboxylic acids is 1. The van der Waals surface area contributed by atoms with Crippen molar-refractivity contribution in [3.05, 3.63) is 0 Å². The van der Waals surface area contributed by atoms with Crippen molar-refractivity contribution in [1.29, 1.82) is 5.41 Å². The molecule has 0 aromatic heterocycles. The molecule has 0 rings (SSSR count). The minimum Gasteiger partial charge on any atom is -0.315 e. The molecule has 0 aromatic rings. The van der Waals surface area contributed by atoms with Gasteiger partial charge >= 0.3 is 0 Å². The van der Waals surface area contributed by atoms with E-state index in [1.165, 1.54) is 0 Å². The molecule has 12 heavy (non-hydrogen) atoms. The lowest BCUT2D eigenvalue weighted by molar-refractivity contribution is -0.121. The summed E-state index contributed by atoms with van der Waals surface area (Å²) < 4.78 is 0. The summed E-state index contributed by atoms with van der Waals surface area (Å²) in [7, 11) is 1.81. The molecule has 2 N–H and O–H groups in total. The molecule has 0 saturated heterocycles. The van der Waals surface area contributed by atoms with Gasteiger partial charge in [0.15, 0.2) is 0 Å². The second-order valence-electron chi connectivity index (χ2n) is 3.06. The van der Waals surface area contributed by atoms with Gasteiger partial charge in [-0.1, -0.05) is 13.8 Å². The highest BCUT2D eigenvalue weighted by Gasteiger charge is 2.12. The maximum Gasteiger partial charge on any atom is 0.135 e. The first-order chi connectivity index (χ1) is 5.61. The normalized spacial score (nSPS) is 12.6. The van der Waals surface area contributed by atoms with Crippen LogP contribution in [-0.2, 0) is 4.79 Å². The topological polar surface area (TPSA) is 53.0 Å². The molecule has 1 unspecified atom stereocenters. The van der Waals surface area contributed by atoms with Crippen molar-refractivity contribution in [3.8, 4) is 0 Å². The number of carbonyl (C=O) groups is 1. The van der Waals surface area contributed by atoms with Gasteiger partial charge in [-0.05, 0) is 13.5 Å². The van der Waals surface area contributed by atoms with Gasteiger partial charge in [-0.15, -0.1) is 0 Å². The minimum atomic E-state index is 0.0100. The average Bonchev–Trinajstić information content (AvgIpc) is 2.03. The lowest BCUT2D eigenvalue weighted by Crippen LogP contribution is -2.22. The molecule has 0 saturated carbocycles. The van der Waals surface area contributed by atoms with Crippen LogP contribution in [0.2, 0.25) is 0 Å². The van der Waals surface area contributed by atoms with E-state index < -0.39 is 0 Å². The van der Waals surface area contributed by atoms with Crippen molar-refractivity contribution in [2.45, 2.75) is 26.7 Å². The van der Waals surface area contributed by atoms with Crippen molar-refractivity contribution < 1.29 is 4.79 Å². The zero-order valence-corrected chi connectivity index (χ0v) is 8.11. The van der Waals surface area contributed by atoms with Crippen LogP contribution in [0.4, 0.5) is 0 Å². The van der Waals surface area contributed by atoms with Gasteiger partial charge in [0.2, 0.25) is 0 Å². The molecule has 3 nitrogen and oxygen atoms in total. The van der Waals surface area contributed by atoms with Crippen LogP contribution in [-0.4, -0.2) is 25.1 Å². The lowest BCUT2D eigenvalue weighted by Gasteiger charge is -2.09. The summed E-state index contributed by atoms with van der Waals surface area (Å²) in [5.41, 5.74) is 0.604. The zero-order chi connectivity index (χ0) is 9.56. The molecule has 0 aliphatic carbocycles. The standard InChI is InChI=1S/C9H18N2O/c1-4-9(12)7(2)5-8(10)6-11-3/h7,10-11H,4-6H2,1-3H3. The van der Waals surface area contributed by atoms with Crippen LogP contribution in [0.3, 0.4) is 0 Å². The van der Waals surface area contributed by atoms with Crippen LogP contribution in [0.1, 0.15) is 26.7 Å².